The molecule has 0 unspecified atom stereocenters. The highest BCUT2D eigenvalue weighted by Gasteiger charge is 2.39. The molecule has 2 saturated heterocycles. The van der Waals surface area contributed by atoms with Gasteiger partial charge in [-0.05, 0) is 74.0 Å². The minimum Gasteiger partial charge on any atom is -0.497 e. The Hall–Kier alpha value is -3.07. The zero-order valence-corrected chi connectivity index (χ0v) is 19.8. The lowest BCUT2D eigenvalue weighted by Crippen LogP contribution is -2.48. The summed E-state index contributed by atoms with van der Waals surface area (Å²) in [7, 11) is 1.72. The first-order valence-electron chi connectivity index (χ1n) is 11.6. The molecule has 2 aromatic carbocycles. The molecule has 0 aliphatic carbocycles. The van der Waals surface area contributed by atoms with Crippen LogP contribution >= 0.6 is 0 Å². The number of carboxylic acid groups (broad SMARTS) is 1. The lowest BCUT2D eigenvalue weighted by atomic mass is 9.71. The number of likely N-dealkylation sites (tertiary alicyclic amines) is 2. The van der Waals surface area contributed by atoms with E-state index < -0.39 is 12.1 Å². The Morgan fingerprint density at radius 3 is 2.06 bits per heavy atom. The maximum Gasteiger partial charge on any atom is 0.490 e. The average molecular weight is 493 g/mol. The van der Waals surface area contributed by atoms with E-state index in [1.165, 1.54) is 18.4 Å². The zero-order chi connectivity index (χ0) is 25.5. The van der Waals surface area contributed by atoms with Gasteiger partial charge in [0.05, 0.1) is 7.11 Å². The SMILES string of the molecule is COc1cccc(CN2CCC3(CC2)CCN(C(=O)c2ccccc2)CC3)c1.O=C(O)C(F)(F)F. The van der Waals surface area contributed by atoms with Gasteiger partial charge in [-0.15, -0.1) is 0 Å². The van der Waals surface area contributed by atoms with Gasteiger partial charge in [0.25, 0.3) is 5.91 Å². The predicted molar refractivity (Wildman–Crippen MR) is 125 cm³/mol. The minimum atomic E-state index is -5.08. The summed E-state index contributed by atoms with van der Waals surface area (Å²) < 4.78 is 37.1. The summed E-state index contributed by atoms with van der Waals surface area (Å²) in [6, 6.07) is 18.1. The van der Waals surface area contributed by atoms with Gasteiger partial charge in [-0.1, -0.05) is 30.3 Å². The lowest BCUT2D eigenvalue weighted by molar-refractivity contribution is -0.192. The largest absolute Gasteiger partial charge is 0.497 e. The Bertz CT molecular complexity index is 980. The third kappa shape index (κ3) is 7.45. The first kappa shape index (κ1) is 26.5. The van der Waals surface area contributed by atoms with E-state index in [1.54, 1.807) is 7.11 Å². The fourth-order valence-electron chi connectivity index (χ4n) is 4.66. The van der Waals surface area contributed by atoms with Crippen molar-refractivity contribution in [1.82, 2.24) is 9.80 Å². The van der Waals surface area contributed by atoms with Crippen molar-refractivity contribution < 1.29 is 32.6 Å². The van der Waals surface area contributed by atoms with Crippen LogP contribution in [0.25, 0.3) is 0 Å². The molecular formula is C26H31F3N2O4. The molecule has 2 aromatic rings. The summed E-state index contributed by atoms with van der Waals surface area (Å²) in [5, 5.41) is 7.12. The number of benzene rings is 2. The van der Waals surface area contributed by atoms with Crippen LogP contribution in [-0.4, -0.2) is 66.2 Å². The number of halogens is 3. The van der Waals surface area contributed by atoms with E-state index in [1.807, 2.05) is 41.3 Å². The number of alkyl halides is 3. The summed E-state index contributed by atoms with van der Waals surface area (Å²) in [6.45, 7) is 5.06. The van der Waals surface area contributed by atoms with E-state index in [-0.39, 0.29) is 5.91 Å². The second-order valence-corrected chi connectivity index (χ2v) is 9.09. The van der Waals surface area contributed by atoms with Gasteiger partial charge >= 0.3 is 12.1 Å². The van der Waals surface area contributed by atoms with Crippen molar-refractivity contribution in [2.24, 2.45) is 5.41 Å². The third-order valence-corrected chi connectivity index (χ3v) is 6.83. The van der Waals surface area contributed by atoms with Crippen molar-refractivity contribution in [3.8, 4) is 5.75 Å². The molecule has 0 radical (unpaired) electrons. The molecule has 2 aliphatic heterocycles. The number of hydrogen-bond donors (Lipinski definition) is 1. The van der Waals surface area contributed by atoms with Crippen molar-refractivity contribution in [3.05, 3.63) is 65.7 Å². The Balaban J connectivity index is 0.000000429. The molecule has 1 spiro atoms. The van der Waals surface area contributed by atoms with E-state index in [0.717, 1.165) is 56.9 Å². The zero-order valence-electron chi connectivity index (χ0n) is 19.8. The summed E-state index contributed by atoms with van der Waals surface area (Å²) >= 11 is 0. The monoisotopic (exact) mass is 492 g/mol. The third-order valence-electron chi connectivity index (χ3n) is 6.83. The first-order chi connectivity index (χ1) is 16.6. The van der Waals surface area contributed by atoms with E-state index in [9.17, 15) is 18.0 Å². The number of ether oxygens (including phenoxy) is 1. The fourth-order valence-corrected chi connectivity index (χ4v) is 4.66. The second-order valence-electron chi connectivity index (χ2n) is 9.09. The van der Waals surface area contributed by atoms with Crippen LogP contribution in [0.2, 0.25) is 0 Å². The number of carboxylic acids is 1. The molecule has 9 heteroatoms. The van der Waals surface area contributed by atoms with Crippen molar-refractivity contribution in [2.75, 3.05) is 33.3 Å². The van der Waals surface area contributed by atoms with Crippen molar-refractivity contribution in [3.63, 3.8) is 0 Å². The van der Waals surface area contributed by atoms with Gasteiger partial charge in [-0.3, -0.25) is 9.69 Å². The smallest absolute Gasteiger partial charge is 0.490 e. The predicted octanol–water partition coefficient (Wildman–Crippen LogP) is 4.85. The number of carbonyl (C=O) groups is 2. The van der Waals surface area contributed by atoms with Crippen LogP contribution in [0.4, 0.5) is 13.2 Å². The summed E-state index contributed by atoms with van der Waals surface area (Å²) in [4.78, 5) is 26.2. The maximum absolute atomic E-state index is 12.7. The number of aliphatic carboxylic acids is 1. The maximum atomic E-state index is 12.7. The van der Waals surface area contributed by atoms with Gasteiger partial charge in [-0.2, -0.15) is 13.2 Å². The molecule has 2 aliphatic rings. The normalized spacial score (nSPS) is 17.9. The molecule has 1 amide bonds. The Kier molecular flexibility index (Phi) is 8.77. The number of piperidine rings is 2. The highest BCUT2D eigenvalue weighted by Crippen LogP contribution is 2.41. The van der Waals surface area contributed by atoms with Crippen LogP contribution in [0.15, 0.2) is 54.6 Å². The highest BCUT2D eigenvalue weighted by atomic mass is 19.4. The van der Waals surface area contributed by atoms with Crippen LogP contribution in [0.3, 0.4) is 0 Å². The number of carbonyl (C=O) groups excluding carboxylic acids is 1. The van der Waals surface area contributed by atoms with Gasteiger partial charge in [-0.25, -0.2) is 4.79 Å². The van der Waals surface area contributed by atoms with E-state index >= 15 is 0 Å². The molecule has 0 aromatic heterocycles. The molecule has 4 rings (SSSR count). The van der Waals surface area contributed by atoms with Crippen molar-refractivity contribution in [2.45, 2.75) is 38.4 Å². The first-order valence-corrected chi connectivity index (χ1v) is 11.6. The Labute approximate surface area is 203 Å². The second kappa shape index (κ2) is 11.6. The van der Waals surface area contributed by atoms with Gasteiger partial charge in [0.15, 0.2) is 0 Å². The number of rotatable bonds is 4. The molecule has 190 valence electrons. The molecular weight excluding hydrogens is 461 g/mol. The number of amides is 1. The number of hydrogen-bond acceptors (Lipinski definition) is 4. The fraction of sp³-hybridized carbons (Fsp3) is 0.462. The standard InChI is InChI=1S/C24H30N2O2.C2HF3O2/c1-28-22-9-5-6-20(18-22)19-25-14-10-24(11-15-25)12-16-26(17-13-24)23(27)21-7-3-2-4-8-21;3-2(4,5)1(6)7/h2-9,18H,10-17,19H2,1H3;(H,6,7). The van der Waals surface area contributed by atoms with Crippen molar-refractivity contribution in [1.29, 1.82) is 0 Å². The molecule has 1 N–H and O–H groups in total. The van der Waals surface area contributed by atoms with E-state index in [0.29, 0.717) is 5.41 Å². The van der Waals surface area contributed by atoms with Crippen LogP contribution < -0.4 is 4.74 Å². The van der Waals surface area contributed by atoms with Gasteiger partial charge in [0.2, 0.25) is 0 Å². The molecule has 0 atom stereocenters. The molecule has 2 heterocycles. The Morgan fingerprint density at radius 1 is 0.943 bits per heavy atom. The van der Waals surface area contributed by atoms with Crippen LogP contribution in [0.1, 0.15) is 41.6 Å². The molecule has 6 nitrogen and oxygen atoms in total. The van der Waals surface area contributed by atoms with Crippen LogP contribution in [0.5, 0.6) is 5.75 Å². The number of methoxy groups -OCH3 is 1. The van der Waals surface area contributed by atoms with Crippen LogP contribution in [-0.2, 0) is 11.3 Å². The molecule has 0 bridgehead atoms. The van der Waals surface area contributed by atoms with Crippen molar-refractivity contribution >= 4 is 11.9 Å². The number of nitrogens with zero attached hydrogens (tertiary/aromatic N) is 2. The molecule has 0 saturated carbocycles. The lowest BCUT2D eigenvalue weighted by Gasteiger charge is -2.47. The molecule has 2 fully saturated rings. The Morgan fingerprint density at radius 2 is 1.51 bits per heavy atom. The van der Waals surface area contributed by atoms with Gasteiger partial charge < -0.3 is 14.7 Å². The topological polar surface area (TPSA) is 70.1 Å². The summed E-state index contributed by atoms with van der Waals surface area (Å²) in [5.41, 5.74) is 2.56. The van der Waals surface area contributed by atoms with Gasteiger partial charge in [0, 0.05) is 25.2 Å². The van der Waals surface area contributed by atoms with Crippen LogP contribution in [0, 0.1) is 5.41 Å². The van der Waals surface area contributed by atoms with Gasteiger partial charge in [0.1, 0.15) is 5.75 Å². The van der Waals surface area contributed by atoms with E-state index in [4.69, 9.17) is 14.6 Å². The van der Waals surface area contributed by atoms with E-state index in [2.05, 4.69) is 23.1 Å². The highest BCUT2D eigenvalue weighted by molar-refractivity contribution is 5.94. The average Bonchev–Trinajstić information content (AvgIpc) is 2.86. The summed E-state index contributed by atoms with van der Waals surface area (Å²) in [6.07, 6.45) is -0.328. The minimum absolute atomic E-state index is 0.186. The molecule has 35 heavy (non-hydrogen) atoms. The quantitative estimate of drug-likeness (QED) is 0.661. The summed E-state index contributed by atoms with van der Waals surface area (Å²) in [5.74, 6) is -1.64.